The fraction of sp³-hybridized carbons (Fsp3) is 0.667. The van der Waals surface area contributed by atoms with Crippen LogP contribution >= 0.6 is 0 Å². The van der Waals surface area contributed by atoms with Gasteiger partial charge in [-0.2, -0.15) is 5.10 Å². The van der Waals surface area contributed by atoms with Crippen LogP contribution in [-0.4, -0.2) is 58.7 Å². The molecule has 1 atom stereocenters. The number of amides is 2. The Labute approximate surface area is 130 Å². The molecule has 0 saturated carbocycles. The van der Waals surface area contributed by atoms with Gasteiger partial charge in [0, 0.05) is 38.6 Å². The van der Waals surface area contributed by atoms with Gasteiger partial charge in [-0.05, 0) is 31.2 Å². The molecule has 3 rings (SSSR count). The number of hydrogen-bond donors (Lipinski definition) is 2. The number of aryl methyl sites for hydroxylation is 1. The van der Waals surface area contributed by atoms with Gasteiger partial charge in [-0.1, -0.05) is 0 Å². The van der Waals surface area contributed by atoms with Crippen molar-refractivity contribution in [1.29, 1.82) is 0 Å². The summed E-state index contributed by atoms with van der Waals surface area (Å²) >= 11 is 0. The molecule has 0 aliphatic carbocycles. The number of nitrogens with zero attached hydrogens (tertiary/aromatic N) is 3. The van der Waals surface area contributed by atoms with Crippen LogP contribution in [0.2, 0.25) is 0 Å². The lowest BCUT2D eigenvalue weighted by molar-refractivity contribution is -0.138. The van der Waals surface area contributed by atoms with E-state index in [1.807, 2.05) is 21.8 Å². The highest BCUT2D eigenvalue weighted by Gasteiger charge is 2.30. The van der Waals surface area contributed by atoms with Gasteiger partial charge < -0.3 is 15.5 Å². The Balaban J connectivity index is 1.43. The Morgan fingerprint density at radius 3 is 2.86 bits per heavy atom. The SMILES string of the molecule is O=C1CNCC(C(=O)N2CCC(CCn3cccn3)CC2)N1. The van der Waals surface area contributed by atoms with Crippen molar-refractivity contribution in [3.8, 4) is 0 Å². The number of nitrogens with one attached hydrogen (secondary N) is 2. The van der Waals surface area contributed by atoms with E-state index in [4.69, 9.17) is 0 Å². The molecule has 7 nitrogen and oxygen atoms in total. The van der Waals surface area contributed by atoms with Gasteiger partial charge in [0.15, 0.2) is 0 Å². The number of hydrogen-bond acceptors (Lipinski definition) is 4. The summed E-state index contributed by atoms with van der Waals surface area (Å²) in [6, 6.07) is 1.54. The van der Waals surface area contributed by atoms with Crippen molar-refractivity contribution in [3.63, 3.8) is 0 Å². The number of likely N-dealkylation sites (tertiary alicyclic amines) is 1. The van der Waals surface area contributed by atoms with Crippen molar-refractivity contribution in [1.82, 2.24) is 25.3 Å². The largest absolute Gasteiger partial charge is 0.342 e. The van der Waals surface area contributed by atoms with Crippen molar-refractivity contribution < 1.29 is 9.59 Å². The summed E-state index contributed by atoms with van der Waals surface area (Å²) in [6.45, 7) is 3.35. The molecule has 2 saturated heterocycles. The zero-order chi connectivity index (χ0) is 15.4. The second-order valence-corrected chi connectivity index (χ2v) is 6.08. The lowest BCUT2D eigenvalue weighted by Crippen LogP contribution is -2.59. The predicted octanol–water partition coefficient (Wildman–Crippen LogP) is -0.400. The van der Waals surface area contributed by atoms with Crippen molar-refractivity contribution in [2.24, 2.45) is 5.92 Å². The molecule has 0 bridgehead atoms. The Bertz CT molecular complexity index is 508. The quantitative estimate of drug-likeness (QED) is 0.793. The lowest BCUT2D eigenvalue weighted by atomic mass is 9.93. The van der Waals surface area contributed by atoms with Gasteiger partial charge >= 0.3 is 0 Å². The molecule has 1 aromatic heterocycles. The molecule has 120 valence electrons. The van der Waals surface area contributed by atoms with Gasteiger partial charge in [0.05, 0.1) is 6.54 Å². The Morgan fingerprint density at radius 2 is 2.18 bits per heavy atom. The highest BCUT2D eigenvalue weighted by atomic mass is 16.2. The van der Waals surface area contributed by atoms with Crippen molar-refractivity contribution >= 4 is 11.8 Å². The lowest BCUT2D eigenvalue weighted by Gasteiger charge is -2.35. The molecule has 2 fully saturated rings. The molecule has 0 aromatic carbocycles. The molecule has 2 aliphatic rings. The molecular weight excluding hydrogens is 282 g/mol. The molecule has 1 unspecified atom stereocenters. The number of carbonyl (C=O) groups is 2. The van der Waals surface area contributed by atoms with E-state index in [0.717, 1.165) is 38.9 Å². The van der Waals surface area contributed by atoms with Gasteiger partial charge in [0.25, 0.3) is 0 Å². The zero-order valence-corrected chi connectivity index (χ0v) is 12.7. The molecule has 0 spiro atoms. The molecule has 1 aromatic rings. The average molecular weight is 305 g/mol. The minimum atomic E-state index is -0.401. The number of piperazine rings is 1. The molecule has 3 heterocycles. The topological polar surface area (TPSA) is 79.3 Å². The van der Waals surface area contributed by atoms with Crippen LogP contribution in [0.1, 0.15) is 19.3 Å². The van der Waals surface area contributed by atoms with Gasteiger partial charge in [-0.3, -0.25) is 14.3 Å². The fourth-order valence-electron chi connectivity index (χ4n) is 3.19. The Morgan fingerprint density at radius 1 is 1.36 bits per heavy atom. The highest BCUT2D eigenvalue weighted by Crippen LogP contribution is 2.21. The zero-order valence-electron chi connectivity index (χ0n) is 12.7. The van der Waals surface area contributed by atoms with E-state index < -0.39 is 6.04 Å². The highest BCUT2D eigenvalue weighted by molar-refractivity contribution is 5.89. The van der Waals surface area contributed by atoms with Crippen molar-refractivity contribution in [2.45, 2.75) is 31.8 Å². The van der Waals surface area contributed by atoms with Crippen molar-refractivity contribution in [2.75, 3.05) is 26.2 Å². The molecule has 2 N–H and O–H groups in total. The number of carbonyl (C=O) groups excluding carboxylic acids is 2. The molecular formula is C15H23N5O2. The normalized spacial score (nSPS) is 23.4. The van der Waals surface area contributed by atoms with E-state index in [1.165, 1.54) is 0 Å². The van der Waals surface area contributed by atoms with Gasteiger partial charge in [-0.15, -0.1) is 0 Å². The second-order valence-electron chi connectivity index (χ2n) is 6.08. The van der Waals surface area contributed by atoms with E-state index in [-0.39, 0.29) is 11.8 Å². The van der Waals surface area contributed by atoms with E-state index in [2.05, 4.69) is 15.7 Å². The average Bonchev–Trinajstić information content (AvgIpc) is 3.06. The summed E-state index contributed by atoms with van der Waals surface area (Å²) in [4.78, 5) is 25.7. The van der Waals surface area contributed by atoms with Gasteiger partial charge in [-0.25, -0.2) is 0 Å². The summed E-state index contributed by atoms with van der Waals surface area (Å²) in [5, 5.41) is 9.96. The summed E-state index contributed by atoms with van der Waals surface area (Å²) in [5.41, 5.74) is 0. The standard InChI is InChI=1S/C15H23N5O2/c21-14-11-16-10-13(18-14)15(22)19-7-2-12(3-8-19)4-9-20-6-1-5-17-20/h1,5-6,12-13,16H,2-4,7-11H2,(H,18,21). The minimum absolute atomic E-state index is 0.0473. The third-order valence-electron chi connectivity index (χ3n) is 4.52. The molecule has 2 amide bonds. The summed E-state index contributed by atoms with van der Waals surface area (Å²) in [6.07, 6.45) is 6.94. The maximum absolute atomic E-state index is 12.4. The Hall–Kier alpha value is -1.89. The summed E-state index contributed by atoms with van der Waals surface area (Å²) in [5.74, 6) is 0.595. The van der Waals surface area contributed by atoms with E-state index in [9.17, 15) is 9.59 Å². The number of piperidine rings is 1. The minimum Gasteiger partial charge on any atom is -0.342 e. The summed E-state index contributed by atoms with van der Waals surface area (Å²) < 4.78 is 1.96. The first-order chi connectivity index (χ1) is 10.7. The number of rotatable bonds is 4. The third-order valence-corrected chi connectivity index (χ3v) is 4.52. The van der Waals surface area contributed by atoms with E-state index in [0.29, 0.717) is 19.0 Å². The monoisotopic (exact) mass is 305 g/mol. The van der Waals surface area contributed by atoms with Crippen LogP contribution in [0.15, 0.2) is 18.5 Å². The predicted molar refractivity (Wildman–Crippen MR) is 80.9 cm³/mol. The maximum Gasteiger partial charge on any atom is 0.246 e. The fourth-order valence-corrected chi connectivity index (χ4v) is 3.19. The van der Waals surface area contributed by atoms with Crippen LogP contribution in [-0.2, 0) is 16.1 Å². The van der Waals surface area contributed by atoms with Crippen LogP contribution in [0.4, 0.5) is 0 Å². The van der Waals surface area contributed by atoms with Gasteiger partial charge in [0.2, 0.25) is 11.8 Å². The first-order valence-electron chi connectivity index (χ1n) is 7.98. The smallest absolute Gasteiger partial charge is 0.246 e. The second kappa shape index (κ2) is 6.91. The molecule has 0 radical (unpaired) electrons. The summed E-state index contributed by atoms with van der Waals surface area (Å²) in [7, 11) is 0. The molecule has 7 heteroatoms. The van der Waals surface area contributed by atoms with E-state index >= 15 is 0 Å². The van der Waals surface area contributed by atoms with Crippen LogP contribution in [0.5, 0.6) is 0 Å². The van der Waals surface area contributed by atoms with Crippen LogP contribution in [0.3, 0.4) is 0 Å². The van der Waals surface area contributed by atoms with Crippen LogP contribution in [0.25, 0.3) is 0 Å². The number of aromatic nitrogens is 2. The van der Waals surface area contributed by atoms with Crippen LogP contribution in [0, 0.1) is 5.92 Å². The molecule has 2 aliphatic heterocycles. The van der Waals surface area contributed by atoms with Gasteiger partial charge in [0.1, 0.15) is 6.04 Å². The third kappa shape index (κ3) is 3.65. The maximum atomic E-state index is 12.4. The van der Waals surface area contributed by atoms with Crippen LogP contribution < -0.4 is 10.6 Å². The first kappa shape index (κ1) is 15.0. The Kier molecular flexibility index (Phi) is 4.72. The van der Waals surface area contributed by atoms with Crippen molar-refractivity contribution in [3.05, 3.63) is 18.5 Å². The van der Waals surface area contributed by atoms with E-state index in [1.54, 1.807) is 6.20 Å². The molecule has 22 heavy (non-hydrogen) atoms. The first-order valence-corrected chi connectivity index (χ1v) is 7.98.